The molecule has 0 radical (unpaired) electrons. The highest BCUT2D eigenvalue weighted by Gasteiger charge is 2.45. The van der Waals surface area contributed by atoms with E-state index in [1.807, 2.05) is 6.07 Å². The van der Waals surface area contributed by atoms with E-state index in [0.717, 1.165) is 29.8 Å². The molecule has 0 spiro atoms. The normalized spacial score (nSPS) is 27.8. The lowest BCUT2D eigenvalue weighted by Crippen LogP contribution is -2.54. The first-order valence-corrected chi connectivity index (χ1v) is 9.76. The van der Waals surface area contributed by atoms with Crippen LogP contribution in [0.5, 0.6) is 0 Å². The maximum atomic E-state index is 13.1. The molecule has 3 aliphatic heterocycles. The van der Waals surface area contributed by atoms with Gasteiger partial charge in [-0.15, -0.1) is 0 Å². The number of nitrogens with one attached hydrogen (secondary N) is 3. The molecule has 3 aliphatic rings. The van der Waals surface area contributed by atoms with Crippen LogP contribution in [0.1, 0.15) is 58.9 Å². The monoisotopic (exact) mass is 384 g/mol. The van der Waals surface area contributed by atoms with E-state index in [-0.39, 0.29) is 18.7 Å². The van der Waals surface area contributed by atoms with E-state index in [1.165, 1.54) is 0 Å². The van der Waals surface area contributed by atoms with Crippen LogP contribution in [0.25, 0.3) is 0 Å². The third-order valence-corrected chi connectivity index (χ3v) is 5.76. The van der Waals surface area contributed by atoms with Gasteiger partial charge in [-0.05, 0) is 44.4 Å². The molecule has 28 heavy (non-hydrogen) atoms. The Morgan fingerprint density at radius 3 is 2.71 bits per heavy atom. The number of fused-ring (bicyclic) bond motifs is 1. The van der Waals surface area contributed by atoms with Gasteiger partial charge in [-0.1, -0.05) is 12.1 Å². The van der Waals surface area contributed by atoms with E-state index in [2.05, 4.69) is 22.9 Å². The molecule has 4 rings (SSSR count). The van der Waals surface area contributed by atoms with Crippen LogP contribution >= 0.6 is 0 Å². The molecular formula is C20H24N4O4. The summed E-state index contributed by atoms with van der Waals surface area (Å²) < 4.78 is 0. The first kappa shape index (κ1) is 18.8. The zero-order valence-corrected chi connectivity index (χ0v) is 15.8. The average Bonchev–Trinajstić information content (AvgIpc) is 2.92. The molecule has 3 unspecified atom stereocenters. The number of amides is 4. The summed E-state index contributed by atoms with van der Waals surface area (Å²) in [6.07, 6.45) is 2.29. The molecule has 4 amide bonds. The zero-order valence-electron chi connectivity index (χ0n) is 15.8. The Balaban J connectivity index is 1.54. The Kier molecular flexibility index (Phi) is 4.99. The molecule has 148 valence electrons. The molecular weight excluding hydrogens is 360 g/mol. The molecule has 3 N–H and O–H groups in total. The van der Waals surface area contributed by atoms with E-state index < -0.39 is 23.8 Å². The van der Waals surface area contributed by atoms with Crippen LogP contribution in [0.3, 0.4) is 0 Å². The SMILES string of the molecule is CC1CC(NCc2cccc3c2C(=O)N(C2CCC(=O)NC2=O)C3=O)CCN1. The number of hydrogen-bond donors (Lipinski definition) is 3. The van der Waals surface area contributed by atoms with Gasteiger partial charge in [0.25, 0.3) is 11.8 Å². The van der Waals surface area contributed by atoms with Crippen molar-refractivity contribution < 1.29 is 19.2 Å². The molecule has 8 heteroatoms. The second-order valence-electron chi connectivity index (χ2n) is 7.74. The van der Waals surface area contributed by atoms with Gasteiger partial charge in [0.15, 0.2) is 0 Å². The zero-order chi connectivity index (χ0) is 19.8. The summed E-state index contributed by atoms with van der Waals surface area (Å²) in [7, 11) is 0. The van der Waals surface area contributed by atoms with Crippen molar-refractivity contribution in [3.8, 4) is 0 Å². The molecule has 0 bridgehead atoms. The molecule has 3 atom stereocenters. The highest BCUT2D eigenvalue weighted by molar-refractivity contribution is 6.24. The summed E-state index contributed by atoms with van der Waals surface area (Å²) in [5, 5.41) is 9.12. The first-order valence-electron chi connectivity index (χ1n) is 9.76. The Morgan fingerprint density at radius 1 is 1.14 bits per heavy atom. The van der Waals surface area contributed by atoms with Gasteiger partial charge in [-0.3, -0.25) is 29.4 Å². The van der Waals surface area contributed by atoms with Gasteiger partial charge in [-0.2, -0.15) is 0 Å². The lowest BCUT2D eigenvalue weighted by Gasteiger charge is -2.29. The second-order valence-corrected chi connectivity index (χ2v) is 7.74. The number of rotatable bonds is 4. The predicted molar refractivity (Wildman–Crippen MR) is 100 cm³/mol. The van der Waals surface area contributed by atoms with E-state index in [1.54, 1.807) is 12.1 Å². The smallest absolute Gasteiger partial charge is 0.262 e. The average molecular weight is 384 g/mol. The number of nitrogens with zero attached hydrogens (tertiary/aromatic N) is 1. The summed E-state index contributed by atoms with van der Waals surface area (Å²) in [5.41, 5.74) is 1.45. The summed E-state index contributed by atoms with van der Waals surface area (Å²) in [4.78, 5) is 50.5. The number of imide groups is 2. The number of benzene rings is 1. The Bertz CT molecular complexity index is 853. The quantitative estimate of drug-likeness (QED) is 0.646. The van der Waals surface area contributed by atoms with E-state index >= 15 is 0 Å². The van der Waals surface area contributed by atoms with Crippen LogP contribution in [0.15, 0.2) is 18.2 Å². The lowest BCUT2D eigenvalue weighted by molar-refractivity contribution is -0.136. The number of hydrogen-bond acceptors (Lipinski definition) is 6. The summed E-state index contributed by atoms with van der Waals surface area (Å²) >= 11 is 0. The topological polar surface area (TPSA) is 108 Å². The third-order valence-electron chi connectivity index (χ3n) is 5.76. The van der Waals surface area contributed by atoms with Crippen LogP contribution in [0.2, 0.25) is 0 Å². The van der Waals surface area contributed by atoms with Crippen LogP contribution < -0.4 is 16.0 Å². The fourth-order valence-electron chi connectivity index (χ4n) is 4.30. The molecule has 1 aromatic carbocycles. The van der Waals surface area contributed by atoms with Crippen LogP contribution in [-0.2, 0) is 16.1 Å². The minimum Gasteiger partial charge on any atom is -0.314 e. The highest BCUT2D eigenvalue weighted by atomic mass is 16.2. The molecule has 3 heterocycles. The lowest BCUT2D eigenvalue weighted by atomic mass is 9.99. The van der Waals surface area contributed by atoms with E-state index in [9.17, 15) is 19.2 Å². The van der Waals surface area contributed by atoms with Gasteiger partial charge < -0.3 is 10.6 Å². The molecule has 0 aliphatic carbocycles. The van der Waals surface area contributed by atoms with E-state index in [0.29, 0.717) is 29.8 Å². The highest BCUT2D eigenvalue weighted by Crippen LogP contribution is 2.30. The van der Waals surface area contributed by atoms with Gasteiger partial charge >= 0.3 is 0 Å². The summed E-state index contributed by atoms with van der Waals surface area (Å²) in [6.45, 7) is 3.59. The van der Waals surface area contributed by atoms with Gasteiger partial charge in [0.2, 0.25) is 11.8 Å². The number of carbonyl (C=O) groups excluding carboxylic acids is 4. The van der Waals surface area contributed by atoms with Gasteiger partial charge in [-0.25, -0.2) is 0 Å². The summed E-state index contributed by atoms with van der Waals surface area (Å²) in [6, 6.07) is 5.09. The van der Waals surface area contributed by atoms with Crippen molar-refractivity contribution >= 4 is 23.6 Å². The van der Waals surface area contributed by atoms with Crippen molar-refractivity contribution in [2.45, 2.75) is 57.3 Å². The third kappa shape index (κ3) is 3.33. The summed E-state index contributed by atoms with van der Waals surface area (Å²) in [5.74, 6) is -1.88. The molecule has 2 fully saturated rings. The van der Waals surface area contributed by atoms with Crippen LogP contribution in [0.4, 0.5) is 0 Å². The molecule has 8 nitrogen and oxygen atoms in total. The minimum absolute atomic E-state index is 0.117. The first-order chi connectivity index (χ1) is 13.5. The van der Waals surface area contributed by atoms with Crippen molar-refractivity contribution in [2.24, 2.45) is 0 Å². The maximum absolute atomic E-state index is 13.1. The van der Waals surface area contributed by atoms with Crippen LogP contribution in [-0.4, -0.2) is 53.2 Å². The van der Waals surface area contributed by atoms with Crippen molar-refractivity contribution in [2.75, 3.05) is 6.54 Å². The predicted octanol–water partition coefficient (Wildman–Crippen LogP) is 0.318. The largest absolute Gasteiger partial charge is 0.314 e. The molecule has 1 aromatic rings. The van der Waals surface area contributed by atoms with Crippen molar-refractivity contribution in [3.63, 3.8) is 0 Å². The number of piperidine rings is 2. The maximum Gasteiger partial charge on any atom is 0.262 e. The second kappa shape index (κ2) is 7.44. The standard InChI is InChI=1S/C20H24N4O4/c1-11-9-13(7-8-21-11)22-10-12-3-2-4-14-17(12)20(28)24(19(14)27)15-5-6-16(25)23-18(15)26/h2-4,11,13,15,21-22H,5-10H2,1H3,(H,23,25,26). The fraction of sp³-hybridized carbons (Fsp3) is 0.500. The Labute approximate surface area is 163 Å². The fourth-order valence-corrected chi connectivity index (χ4v) is 4.30. The van der Waals surface area contributed by atoms with E-state index in [4.69, 9.17) is 0 Å². The van der Waals surface area contributed by atoms with Gasteiger partial charge in [0.05, 0.1) is 11.1 Å². The van der Waals surface area contributed by atoms with Gasteiger partial charge in [0, 0.05) is 25.0 Å². The van der Waals surface area contributed by atoms with Crippen molar-refractivity contribution in [1.29, 1.82) is 0 Å². The van der Waals surface area contributed by atoms with Crippen molar-refractivity contribution in [1.82, 2.24) is 20.9 Å². The number of carbonyl (C=O) groups is 4. The minimum atomic E-state index is -0.934. The van der Waals surface area contributed by atoms with Crippen LogP contribution in [0, 0.1) is 0 Å². The Hall–Kier alpha value is -2.58. The molecule has 0 aromatic heterocycles. The molecule has 2 saturated heterocycles. The van der Waals surface area contributed by atoms with Crippen molar-refractivity contribution in [3.05, 3.63) is 34.9 Å². The Morgan fingerprint density at radius 2 is 1.96 bits per heavy atom. The molecule has 0 saturated carbocycles. The van der Waals surface area contributed by atoms with Gasteiger partial charge in [0.1, 0.15) is 6.04 Å².